The molecular weight excluding hydrogens is 208 g/mol. The number of carbonyl (C=O) groups excluding carboxylic acids is 2. The Morgan fingerprint density at radius 3 is 2.62 bits per heavy atom. The van der Waals surface area contributed by atoms with Gasteiger partial charge in [0.1, 0.15) is 11.6 Å². The van der Waals surface area contributed by atoms with Crippen molar-refractivity contribution in [2.75, 3.05) is 6.54 Å². The van der Waals surface area contributed by atoms with E-state index in [0.717, 1.165) is 0 Å². The Hall–Kier alpha value is -1.10. The molecule has 0 aliphatic carbocycles. The summed E-state index contributed by atoms with van der Waals surface area (Å²) in [6, 6.07) is -0.369. The van der Waals surface area contributed by atoms with Crippen LogP contribution in [0.3, 0.4) is 0 Å². The van der Waals surface area contributed by atoms with Crippen molar-refractivity contribution in [3.8, 4) is 0 Å². The molecule has 1 rings (SSSR count). The lowest BCUT2D eigenvalue weighted by Crippen LogP contribution is -2.45. The topological polar surface area (TPSA) is 67.4 Å². The molecule has 0 spiro atoms. The van der Waals surface area contributed by atoms with Gasteiger partial charge in [0.25, 0.3) is 0 Å². The Morgan fingerprint density at radius 1 is 1.56 bits per heavy atom. The minimum absolute atomic E-state index is 0.0221. The second kappa shape index (κ2) is 4.82. The molecule has 0 saturated carbocycles. The Balaban J connectivity index is 2.37. The van der Waals surface area contributed by atoms with E-state index in [2.05, 4.69) is 10.6 Å². The lowest BCUT2D eigenvalue weighted by atomic mass is 10.2. The fourth-order valence-corrected chi connectivity index (χ4v) is 1.53. The van der Waals surface area contributed by atoms with Crippen LogP contribution in [0.15, 0.2) is 0 Å². The zero-order chi connectivity index (χ0) is 12.3. The molecule has 2 N–H and O–H groups in total. The van der Waals surface area contributed by atoms with E-state index in [1.165, 1.54) is 0 Å². The molecule has 0 aromatic carbocycles. The molecule has 2 unspecified atom stereocenters. The highest BCUT2D eigenvalue weighted by Crippen LogP contribution is 2.09. The SMILES string of the molecule is CC(NC1CNC(=O)C1)C(=O)OC(C)(C)C. The molecule has 16 heavy (non-hydrogen) atoms. The van der Waals surface area contributed by atoms with E-state index < -0.39 is 11.6 Å². The van der Waals surface area contributed by atoms with Gasteiger partial charge in [-0.3, -0.25) is 14.9 Å². The molecule has 1 heterocycles. The summed E-state index contributed by atoms with van der Waals surface area (Å²) in [6.07, 6.45) is 0.424. The van der Waals surface area contributed by atoms with Gasteiger partial charge in [0.05, 0.1) is 0 Å². The van der Waals surface area contributed by atoms with E-state index in [1.807, 2.05) is 20.8 Å². The minimum Gasteiger partial charge on any atom is -0.459 e. The molecule has 2 atom stereocenters. The first-order valence-electron chi connectivity index (χ1n) is 5.53. The summed E-state index contributed by atoms with van der Waals surface area (Å²) < 4.78 is 5.23. The maximum Gasteiger partial charge on any atom is 0.323 e. The molecule has 0 aromatic rings. The summed E-state index contributed by atoms with van der Waals surface area (Å²) in [5, 5.41) is 5.78. The Kier molecular flexibility index (Phi) is 3.91. The van der Waals surface area contributed by atoms with Crippen LogP contribution in [0.4, 0.5) is 0 Å². The average molecular weight is 228 g/mol. The number of rotatable bonds is 3. The summed E-state index contributed by atoms with van der Waals surface area (Å²) in [4.78, 5) is 22.6. The fraction of sp³-hybridized carbons (Fsp3) is 0.818. The second-order valence-corrected chi connectivity index (χ2v) is 5.13. The van der Waals surface area contributed by atoms with Gasteiger partial charge >= 0.3 is 5.97 Å². The van der Waals surface area contributed by atoms with Gasteiger partial charge in [-0.2, -0.15) is 0 Å². The Bertz CT molecular complexity index is 283. The summed E-state index contributed by atoms with van der Waals surface area (Å²) >= 11 is 0. The Morgan fingerprint density at radius 2 is 2.19 bits per heavy atom. The van der Waals surface area contributed by atoms with Crippen molar-refractivity contribution in [2.45, 2.75) is 51.8 Å². The maximum atomic E-state index is 11.6. The first-order valence-corrected chi connectivity index (χ1v) is 5.53. The Labute approximate surface area is 95.9 Å². The summed E-state index contributed by atoms with van der Waals surface area (Å²) in [5.41, 5.74) is -0.475. The monoisotopic (exact) mass is 228 g/mol. The van der Waals surface area contributed by atoms with Crippen LogP contribution in [0.1, 0.15) is 34.1 Å². The highest BCUT2D eigenvalue weighted by Gasteiger charge is 2.27. The molecule has 0 aromatic heterocycles. The average Bonchev–Trinajstić information content (AvgIpc) is 2.48. The van der Waals surface area contributed by atoms with Gasteiger partial charge in [-0.05, 0) is 27.7 Å². The van der Waals surface area contributed by atoms with Crippen LogP contribution in [-0.2, 0) is 14.3 Å². The van der Waals surface area contributed by atoms with Crippen LogP contribution in [0.2, 0.25) is 0 Å². The number of amides is 1. The van der Waals surface area contributed by atoms with E-state index in [1.54, 1.807) is 6.92 Å². The van der Waals surface area contributed by atoms with Gasteiger partial charge in [0.15, 0.2) is 0 Å². The number of ether oxygens (including phenoxy) is 1. The molecule has 1 saturated heterocycles. The van der Waals surface area contributed by atoms with Crippen LogP contribution >= 0.6 is 0 Å². The highest BCUT2D eigenvalue weighted by atomic mass is 16.6. The summed E-state index contributed by atoms with van der Waals surface area (Å²) in [7, 11) is 0. The standard InChI is InChI=1S/C11H20N2O3/c1-7(10(15)16-11(2,3)4)13-8-5-9(14)12-6-8/h7-8,13H,5-6H2,1-4H3,(H,12,14). The van der Waals surface area contributed by atoms with E-state index in [-0.39, 0.29) is 17.9 Å². The predicted molar refractivity (Wildman–Crippen MR) is 59.9 cm³/mol. The minimum atomic E-state index is -0.475. The number of hydrogen-bond donors (Lipinski definition) is 2. The van der Waals surface area contributed by atoms with Gasteiger partial charge in [0, 0.05) is 19.0 Å². The lowest BCUT2D eigenvalue weighted by Gasteiger charge is -2.24. The van der Waals surface area contributed by atoms with Crippen molar-refractivity contribution in [2.24, 2.45) is 0 Å². The van der Waals surface area contributed by atoms with Crippen molar-refractivity contribution in [1.29, 1.82) is 0 Å². The highest BCUT2D eigenvalue weighted by molar-refractivity contribution is 5.79. The van der Waals surface area contributed by atoms with Crippen LogP contribution < -0.4 is 10.6 Å². The molecule has 1 aliphatic rings. The molecule has 0 radical (unpaired) electrons. The third kappa shape index (κ3) is 4.18. The quantitative estimate of drug-likeness (QED) is 0.677. The van der Waals surface area contributed by atoms with E-state index in [9.17, 15) is 9.59 Å². The van der Waals surface area contributed by atoms with Crippen molar-refractivity contribution in [1.82, 2.24) is 10.6 Å². The van der Waals surface area contributed by atoms with Crippen LogP contribution in [0.5, 0.6) is 0 Å². The zero-order valence-corrected chi connectivity index (χ0v) is 10.3. The zero-order valence-electron chi connectivity index (χ0n) is 10.3. The number of hydrogen-bond acceptors (Lipinski definition) is 4. The normalized spacial score (nSPS) is 22.8. The third-order valence-electron chi connectivity index (χ3n) is 2.22. The molecular formula is C11H20N2O3. The molecule has 5 heteroatoms. The van der Waals surface area contributed by atoms with E-state index in [0.29, 0.717) is 13.0 Å². The molecule has 1 amide bonds. The van der Waals surface area contributed by atoms with E-state index in [4.69, 9.17) is 4.74 Å². The van der Waals surface area contributed by atoms with Crippen molar-refractivity contribution in [3.63, 3.8) is 0 Å². The molecule has 0 bridgehead atoms. The van der Waals surface area contributed by atoms with Gasteiger partial charge in [0.2, 0.25) is 5.91 Å². The lowest BCUT2D eigenvalue weighted by molar-refractivity contribution is -0.157. The molecule has 92 valence electrons. The first kappa shape index (κ1) is 13.0. The van der Waals surface area contributed by atoms with Gasteiger partial charge in [-0.15, -0.1) is 0 Å². The summed E-state index contributed by atoms with van der Waals surface area (Å²) in [6.45, 7) is 7.82. The molecule has 1 aliphatic heterocycles. The van der Waals surface area contributed by atoms with Gasteiger partial charge in [-0.25, -0.2) is 0 Å². The summed E-state index contributed by atoms with van der Waals surface area (Å²) in [5.74, 6) is -0.263. The maximum absolute atomic E-state index is 11.6. The molecule has 5 nitrogen and oxygen atoms in total. The smallest absolute Gasteiger partial charge is 0.323 e. The second-order valence-electron chi connectivity index (χ2n) is 5.13. The van der Waals surface area contributed by atoms with Crippen LogP contribution in [0, 0.1) is 0 Å². The molecule has 1 fully saturated rings. The first-order chi connectivity index (χ1) is 7.28. The van der Waals surface area contributed by atoms with Gasteiger partial charge in [-0.1, -0.05) is 0 Å². The third-order valence-corrected chi connectivity index (χ3v) is 2.22. The van der Waals surface area contributed by atoms with Crippen molar-refractivity contribution in [3.05, 3.63) is 0 Å². The van der Waals surface area contributed by atoms with Crippen molar-refractivity contribution < 1.29 is 14.3 Å². The van der Waals surface area contributed by atoms with E-state index >= 15 is 0 Å². The number of esters is 1. The largest absolute Gasteiger partial charge is 0.459 e. The van der Waals surface area contributed by atoms with Gasteiger partial charge < -0.3 is 10.1 Å². The van der Waals surface area contributed by atoms with Crippen LogP contribution in [0.25, 0.3) is 0 Å². The van der Waals surface area contributed by atoms with Crippen LogP contribution in [-0.4, -0.2) is 36.1 Å². The number of carbonyl (C=O) groups is 2. The predicted octanol–water partition coefficient (Wildman–Crippen LogP) is 0.195. The number of nitrogens with one attached hydrogen (secondary N) is 2. The van der Waals surface area contributed by atoms with Crippen molar-refractivity contribution >= 4 is 11.9 Å². The fourth-order valence-electron chi connectivity index (χ4n) is 1.53.